The van der Waals surface area contributed by atoms with Crippen LogP contribution in [0.4, 0.5) is 0 Å². The molecule has 0 bridgehead atoms. The number of hydrogen-bond acceptors (Lipinski definition) is 3. The summed E-state index contributed by atoms with van der Waals surface area (Å²) >= 11 is 0. The number of hydrogen-bond donors (Lipinski definition) is 3. The van der Waals surface area contributed by atoms with Crippen molar-refractivity contribution in [2.45, 2.75) is 0 Å². The third kappa shape index (κ3) is 26.2. The normalized spacial score (nSPS) is 6.05. The van der Waals surface area contributed by atoms with Gasteiger partial charge < -0.3 is 27.4 Å². The van der Waals surface area contributed by atoms with Gasteiger partial charge in [0.1, 0.15) is 0 Å². The summed E-state index contributed by atoms with van der Waals surface area (Å²) in [5.74, 6) is 0. The molecule has 8 nitrogen and oxygen atoms in total. The van der Waals surface area contributed by atoms with Gasteiger partial charge in [0.05, 0.1) is 0 Å². The Hall–Kier alpha value is 3.02. The molecule has 14 N–H and O–H groups in total. The largest absolute Gasteiger partial charge is 0.457 e. The summed E-state index contributed by atoms with van der Waals surface area (Å²) in [5, 5.41) is 0.176. The SMILES string of the molecule is O.O.O.O.O[P+](O)(O)c1ccccc1.[Cd].[Cd].[Cd].[Cd].[OH3+]. The average Bonchev–Trinajstić information content (AvgIpc) is 1.88. The standard InChI is InChI=1S/C6H8O3P.4Cd.5H2O/c7-10(8,9)6-4-2-1-3-5-6;;;;;;;;;/h1-5,7-9H;;;;;5*1H2/q+1;;;;;;;;;/p+1. The molecule has 0 spiro atoms. The topological polar surface area (TPSA) is 220 Å². The van der Waals surface area contributed by atoms with Crippen LogP contribution in [0, 0.1) is 0 Å². The molecule has 0 aliphatic rings. The number of benzene rings is 1. The maximum absolute atomic E-state index is 8.71. The Morgan fingerprint density at radius 3 is 1.05 bits per heavy atom. The molecule has 0 radical (unpaired) electrons. The third-order valence-electron chi connectivity index (χ3n) is 1.10. The minimum Gasteiger partial charge on any atom is -0.457 e. The summed E-state index contributed by atoms with van der Waals surface area (Å²) < 4.78 is 0. The van der Waals surface area contributed by atoms with Gasteiger partial charge in [-0.05, 0) is 12.1 Å². The molecule has 0 aliphatic carbocycles. The first kappa shape index (κ1) is 57.4. The summed E-state index contributed by atoms with van der Waals surface area (Å²) in [6.45, 7) is 0. The second kappa shape index (κ2) is 29.1. The van der Waals surface area contributed by atoms with Gasteiger partial charge in [-0.2, -0.15) is 14.7 Å². The van der Waals surface area contributed by atoms with Crippen LogP contribution in [-0.2, 0) is 115 Å². The molecule has 0 atom stereocenters. The summed E-state index contributed by atoms with van der Waals surface area (Å²) in [6, 6.07) is 7.93. The Bertz CT molecular complexity index is 224. The average molecular weight is 700 g/mol. The summed E-state index contributed by atoms with van der Waals surface area (Å²) in [4.78, 5) is 26.1. The van der Waals surface area contributed by atoms with Crippen molar-refractivity contribution >= 4 is 13.2 Å². The summed E-state index contributed by atoms with van der Waals surface area (Å²) in [5.41, 5.74) is 0. The molecule has 0 amide bonds. The Kier molecular flexibility index (Phi) is 87.8. The van der Waals surface area contributed by atoms with Gasteiger partial charge in [-0.3, -0.25) is 0 Å². The summed E-state index contributed by atoms with van der Waals surface area (Å²) in [7, 11) is -3.77. The van der Waals surface area contributed by atoms with Crippen molar-refractivity contribution in [3.8, 4) is 0 Å². The van der Waals surface area contributed by atoms with E-state index in [2.05, 4.69) is 0 Å². The van der Waals surface area contributed by atoms with Crippen LogP contribution >= 0.6 is 7.94 Å². The van der Waals surface area contributed by atoms with E-state index in [0.717, 1.165) is 0 Å². The fraction of sp³-hybridized carbons (Fsp3) is 0. The molecular weight excluding hydrogens is 681 g/mol. The van der Waals surface area contributed by atoms with Gasteiger partial charge >= 0.3 is 7.94 Å². The van der Waals surface area contributed by atoms with Crippen molar-refractivity contribution < 1.29 is 151 Å². The van der Waals surface area contributed by atoms with Gasteiger partial charge in [0.15, 0.2) is 5.30 Å². The molecule has 0 heterocycles. The second-order valence-corrected chi connectivity index (χ2v) is 3.56. The first-order chi connectivity index (χ1) is 4.61. The smallest absolute Gasteiger partial charge is 0.440 e. The molecule has 102 valence electrons. The van der Waals surface area contributed by atoms with Crippen molar-refractivity contribution in [2.75, 3.05) is 0 Å². The molecule has 0 aromatic heterocycles. The molecule has 0 fully saturated rings. The fourth-order valence-electron chi connectivity index (χ4n) is 0.628. The van der Waals surface area contributed by atoms with Crippen molar-refractivity contribution in [3.05, 3.63) is 30.3 Å². The molecule has 13 heteroatoms. The van der Waals surface area contributed by atoms with Crippen molar-refractivity contribution in [1.82, 2.24) is 0 Å². The van der Waals surface area contributed by atoms with E-state index in [4.69, 9.17) is 14.7 Å². The molecule has 0 unspecified atom stereocenters. The predicted octanol–water partition coefficient (Wildman–Crippen LogP) is -4.18. The van der Waals surface area contributed by atoms with Crippen LogP contribution in [-0.4, -0.2) is 36.6 Å². The molecule has 0 saturated carbocycles. The Labute approximate surface area is 192 Å². The van der Waals surface area contributed by atoms with Crippen LogP contribution < -0.4 is 5.30 Å². The Balaban J connectivity index is -0.0000000159. The van der Waals surface area contributed by atoms with Gasteiger partial charge in [0.2, 0.25) is 0 Å². The van der Waals surface area contributed by atoms with Crippen LogP contribution in [0.5, 0.6) is 0 Å². The fourth-order valence-corrected chi connectivity index (χ4v) is 1.20. The first-order valence-corrected chi connectivity index (χ1v) is 4.38. The van der Waals surface area contributed by atoms with E-state index in [1.807, 2.05) is 0 Å². The molecule has 0 aliphatic heterocycles. The minimum atomic E-state index is -3.77. The Morgan fingerprint density at radius 1 is 0.632 bits per heavy atom. The van der Waals surface area contributed by atoms with Crippen LogP contribution in [0.15, 0.2) is 30.3 Å². The third-order valence-corrected chi connectivity index (χ3v) is 2.09. The minimum absolute atomic E-state index is 0. The maximum Gasteiger partial charge on any atom is 0.440 e. The van der Waals surface area contributed by atoms with Gasteiger partial charge in [-0.1, -0.05) is 18.2 Å². The van der Waals surface area contributed by atoms with Crippen molar-refractivity contribution in [1.29, 1.82) is 0 Å². The van der Waals surface area contributed by atoms with E-state index < -0.39 is 7.94 Å². The number of rotatable bonds is 1. The molecule has 1 rings (SSSR count). The zero-order chi connectivity index (χ0) is 7.61. The van der Waals surface area contributed by atoms with E-state index in [1.54, 1.807) is 18.2 Å². The van der Waals surface area contributed by atoms with Crippen molar-refractivity contribution in [3.63, 3.8) is 0 Å². The predicted molar refractivity (Wildman–Crippen MR) is 59.0 cm³/mol. The van der Waals surface area contributed by atoms with Crippen molar-refractivity contribution in [2.24, 2.45) is 0 Å². The molecular formula is C6H19Cd4O8P+2. The van der Waals surface area contributed by atoms with Gasteiger partial charge in [0.25, 0.3) is 0 Å². The van der Waals surface area contributed by atoms with E-state index in [1.165, 1.54) is 12.1 Å². The molecule has 0 saturated heterocycles. The van der Waals surface area contributed by atoms with Crippen LogP contribution in [0.3, 0.4) is 0 Å². The second-order valence-electron chi connectivity index (χ2n) is 1.90. The van der Waals surface area contributed by atoms with Gasteiger partial charge in [-0.15, -0.1) is 0 Å². The molecule has 1 aromatic rings. The van der Waals surface area contributed by atoms with E-state index in [9.17, 15) is 0 Å². The van der Waals surface area contributed by atoms with E-state index in [-0.39, 0.29) is 142 Å². The monoisotopic (exact) mass is 706 g/mol. The first-order valence-electron chi connectivity index (χ1n) is 2.73. The van der Waals surface area contributed by atoms with E-state index in [0.29, 0.717) is 0 Å². The van der Waals surface area contributed by atoms with Gasteiger partial charge in [-0.25, -0.2) is 0 Å². The molecule has 19 heavy (non-hydrogen) atoms. The van der Waals surface area contributed by atoms with E-state index >= 15 is 0 Å². The van der Waals surface area contributed by atoms with Crippen LogP contribution in [0.25, 0.3) is 0 Å². The van der Waals surface area contributed by atoms with Gasteiger partial charge in [0, 0.05) is 109 Å². The van der Waals surface area contributed by atoms with Crippen LogP contribution in [0.1, 0.15) is 0 Å². The zero-order valence-electron chi connectivity index (χ0n) is 10.6. The Morgan fingerprint density at radius 2 is 0.895 bits per heavy atom. The maximum atomic E-state index is 8.71. The quantitative estimate of drug-likeness (QED) is 0.151. The van der Waals surface area contributed by atoms with Crippen LogP contribution in [0.2, 0.25) is 0 Å². The molecule has 1 aromatic carbocycles. The summed E-state index contributed by atoms with van der Waals surface area (Å²) in [6.07, 6.45) is 0. The zero-order valence-corrected chi connectivity index (χ0v) is 27.6.